The molecule has 0 radical (unpaired) electrons. The highest BCUT2D eigenvalue weighted by molar-refractivity contribution is 7.99. The highest BCUT2D eigenvalue weighted by Crippen LogP contribution is 2.30. The van der Waals surface area contributed by atoms with Gasteiger partial charge in [0.1, 0.15) is 0 Å². The van der Waals surface area contributed by atoms with Crippen molar-refractivity contribution >= 4 is 29.3 Å². The van der Waals surface area contributed by atoms with Crippen LogP contribution >= 0.6 is 11.8 Å². The van der Waals surface area contributed by atoms with E-state index in [2.05, 4.69) is 57.0 Å². The third-order valence-electron chi connectivity index (χ3n) is 5.79. The van der Waals surface area contributed by atoms with Crippen molar-refractivity contribution in [2.24, 2.45) is 0 Å². The number of amides is 1. The second-order valence-electron chi connectivity index (χ2n) is 8.53. The third kappa shape index (κ3) is 4.99. The molecular weight excluding hydrogens is 418 g/mol. The maximum Gasteiger partial charge on any atom is 0.234 e. The standard InChI is InChI=1S/C25H31N5OS/c1-18(2)21-14-10-11-19(3)23(21)26-22(31)17-32-25-28-27-24(29-15-8-5-9-16-29)30(25)20-12-6-4-7-13-20/h4,6-7,10-14,18H,5,8-9,15-17H2,1-3H3,(H,26,31). The molecule has 1 amide bonds. The first-order valence-corrected chi connectivity index (χ1v) is 12.3. The summed E-state index contributed by atoms with van der Waals surface area (Å²) in [7, 11) is 0. The number of rotatable bonds is 7. The van der Waals surface area contributed by atoms with Crippen molar-refractivity contribution in [2.75, 3.05) is 29.1 Å². The lowest BCUT2D eigenvalue weighted by atomic mass is 9.98. The monoisotopic (exact) mass is 449 g/mol. The fraction of sp³-hybridized carbons (Fsp3) is 0.400. The molecule has 1 fully saturated rings. The summed E-state index contributed by atoms with van der Waals surface area (Å²) >= 11 is 1.42. The van der Waals surface area contributed by atoms with Crippen LogP contribution in [0.5, 0.6) is 0 Å². The zero-order chi connectivity index (χ0) is 22.5. The van der Waals surface area contributed by atoms with Crippen LogP contribution in [0.1, 0.15) is 50.2 Å². The minimum absolute atomic E-state index is 0.0339. The molecule has 2 aromatic carbocycles. The number of hydrogen-bond acceptors (Lipinski definition) is 5. The van der Waals surface area contributed by atoms with Gasteiger partial charge in [-0.25, -0.2) is 0 Å². The normalized spacial score (nSPS) is 14.1. The molecule has 2 heterocycles. The number of thioether (sulfide) groups is 1. The molecule has 1 aliphatic heterocycles. The SMILES string of the molecule is Cc1cccc(C(C)C)c1NC(=O)CSc1nnc(N2CCCCC2)n1-c1ccccc1. The van der Waals surface area contributed by atoms with Gasteiger partial charge in [0.15, 0.2) is 5.16 Å². The number of benzene rings is 2. The number of nitrogens with one attached hydrogen (secondary N) is 1. The number of aromatic nitrogens is 3. The van der Waals surface area contributed by atoms with Crippen LogP contribution in [0.3, 0.4) is 0 Å². The maximum atomic E-state index is 12.9. The molecule has 0 spiro atoms. The molecule has 32 heavy (non-hydrogen) atoms. The summed E-state index contributed by atoms with van der Waals surface area (Å²) in [5, 5.41) is 12.8. The average molecular weight is 450 g/mol. The molecule has 1 saturated heterocycles. The number of carbonyl (C=O) groups is 1. The van der Waals surface area contributed by atoms with Crippen LogP contribution in [0.25, 0.3) is 5.69 Å². The first-order valence-electron chi connectivity index (χ1n) is 11.3. The Morgan fingerprint density at radius 3 is 2.50 bits per heavy atom. The molecule has 0 unspecified atom stereocenters. The first-order chi connectivity index (χ1) is 15.5. The summed E-state index contributed by atoms with van der Waals surface area (Å²) in [4.78, 5) is 15.2. The Hall–Kier alpha value is -2.80. The average Bonchev–Trinajstić information content (AvgIpc) is 3.24. The predicted octanol–water partition coefficient (Wildman–Crippen LogP) is 5.42. The molecule has 6 nitrogen and oxygen atoms in total. The largest absolute Gasteiger partial charge is 0.341 e. The lowest BCUT2D eigenvalue weighted by Crippen LogP contribution is -2.31. The van der Waals surface area contributed by atoms with Crippen molar-refractivity contribution in [1.29, 1.82) is 0 Å². The number of anilines is 2. The molecule has 4 rings (SSSR count). The lowest BCUT2D eigenvalue weighted by molar-refractivity contribution is -0.113. The minimum Gasteiger partial charge on any atom is -0.341 e. The Bertz CT molecular complexity index is 1060. The Labute approximate surface area is 194 Å². The van der Waals surface area contributed by atoms with Crippen LogP contribution in [0.4, 0.5) is 11.6 Å². The highest BCUT2D eigenvalue weighted by atomic mass is 32.2. The van der Waals surface area contributed by atoms with E-state index in [0.29, 0.717) is 5.92 Å². The van der Waals surface area contributed by atoms with Gasteiger partial charge in [0.2, 0.25) is 11.9 Å². The second-order valence-corrected chi connectivity index (χ2v) is 9.47. The molecule has 0 bridgehead atoms. The van der Waals surface area contributed by atoms with Gasteiger partial charge in [-0.05, 0) is 55.4 Å². The smallest absolute Gasteiger partial charge is 0.234 e. The van der Waals surface area contributed by atoms with Crippen molar-refractivity contribution in [1.82, 2.24) is 14.8 Å². The molecule has 1 aliphatic rings. The zero-order valence-corrected chi connectivity index (χ0v) is 19.9. The van der Waals surface area contributed by atoms with Gasteiger partial charge >= 0.3 is 0 Å². The molecule has 0 atom stereocenters. The first kappa shape index (κ1) is 22.4. The highest BCUT2D eigenvalue weighted by Gasteiger charge is 2.22. The van der Waals surface area contributed by atoms with Gasteiger partial charge in [-0.3, -0.25) is 9.36 Å². The summed E-state index contributed by atoms with van der Waals surface area (Å²) in [5.74, 6) is 1.44. The summed E-state index contributed by atoms with van der Waals surface area (Å²) < 4.78 is 2.08. The molecule has 168 valence electrons. The van der Waals surface area contributed by atoms with Gasteiger partial charge in [-0.15, -0.1) is 10.2 Å². The Balaban J connectivity index is 1.54. The predicted molar refractivity (Wildman–Crippen MR) is 132 cm³/mol. The lowest BCUT2D eigenvalue weighted by Gasteiger charge is -2.27. The Morgan fingerprint density at radius 2 is 1.78 bits per heavy atom. The maximum absolute atomic E-state index is 12.9. The van der Waals surface area contributed by atoms with Gasteiger partial charge in [0.25, 0.3) is 0 Å². The van der Waals surface area contributed by atoms with E-state index in [-0.39, 0.29) is 11.7 Å². The van der Waals surface area contributed by atoms with E-state index < -0.39 is 0 Å². The van der Waals surface area contributed by atoms with Crippen LogP contribution in [-0.2, 0) is 4.79 Å². The van der Waals surface area contributed by atoms with Gasteiger partial charge in [-0.2, -0.15) is 0 Å². The molecule has 0 saturated carbocycles. The van der Waals surface area contributed by atoms with Crippen molar-refractivity contribution in [3.8, 4) is 5.69 Å². The van der Waals surface area contributed by atoms with E-state index in [0.717, 1.165) is 46.7 Å². The molecule has 0 aliphatic carbocycles. The van der Waals surface area contributed by atoms with E-state index in [1.165, 1.54) is 31.0 Å². The minimum atomic E-state index is -0.0339. The Morgan fingerprint density at radius 1 is 1.03 bits per heavy atom. The van der Waals surface area contributed by atoms with Crippen LogP contribution in [0, 0.1) is 6.92 Å². The second kappa shape index (κ2) is 10.2. The van der Waals surface area contributed by atoms with E-state index in [1.54, 1.807) is 0 Å². The molecule has 3 aromatic rings. The van der Waals surface area contributed by atoms with E-state index in [9.17, 15) is 4.79 Å². The van der Waals surface area contributed by atoms with Crippen molar-refractivity contribution in [3.63, 3.8) is 0 Å². The van der Waals surface area contributed by atoms with Gasteiger partial charge in [-0.1, -0.05) is 62.0 Å². The third-order valence-corrected chi connectivity index (χ3v) is 6.72. The number of hydrogen-bond donors (Lipinski definition) is 1. The van der Waals surface area contributed by atoms with Crippen LogP contribution in [-0.4, -0.2) is 39.5 Å². The topological polar surface area (TPSA) is 63.1 Å². The van der Waals surface area contributed by atoms with Gasteiger partial charge in [0.05, 0.1) is 11.4 Å². The molecule has 1 N–H and O–H groups in total. The quantitative estimate of drug-likeness (QED) is 0.488. The molecular formula is C25H31N5OS. The number of para-hydroxylation sites is 2. The van der Waals surface area contributed by atoms with Crippen LogP contribution < -0.4 is 10.2 Å². The molecule has 1 aromatic heterocycles. The summed E-state index contributed by atoms with van der Waals surface area (Å²) in [5.41, 5.74) is 4.17. The van der Waals surface area contributed by atoms with Crippen molar-refractivity contribution < 1.29 is 4.79 Å². The number of carbonyl (C=O) groups excluding carboxylic acids is 1. The van der Waals surface area contributed by atoms with Crippen LogP contribution in [0.2, 0.25) is 0 Å². The van der Waals surface area contributed by atoms with E-state index >= 15 is 0 Å². The fourth-order valence-corrected chi connectivity index (χ4v) is 4.85. The number of nitrogens with zero attached hydrogens (tertiary/aromatic N) is 4. The van der Waals surface area contributed by atoms with Gasteiger partial charge < -0.3 is 10.2 Å². The zero-order valence-electron chi connectivity index (χ0n) is 19.0. The van der Waals surface area contributed by atoms with E-state index in [4.69, 9.17) is 0 Å². The number of aryl methyl sites for hydroxylation is 1. The van der Waals surface area contributed by atoms with Gasteiger partial charge in [0, 0.05) is 18.8 Å². The number of piperidine rings is 1. The molecule has 7 heteroatoms. The Kier molecular flexibility index (Phi) is 7.15. The van der Waals surface area contributed by atoms with E-state index in [1.807, 2.05) is 37.3 Å². The summed E-state index contributed by atoms with van der Waals surface area (Å²) in [6.45, 7) is 8.29. The van der Waals surface area contributed by atoms with Crippen molar-refractivity contribution in [3.05, 3.63) is 59.7 Å². The fourth-order valence-electron chi connectivity index (χ4n) is 4.11. The summed E-state index contributed by atoms with van der Waals surface area (Å²) in [6, 6.07) is 16.3. The van der Waals surface area contributed by atoms with Crippen LogP contribution in [0.15, 0.2) is 53.7 Å². The summed E-state index contributed by atoms with van der Waals surface area (Å²) in [6.07, 6.45) is 3.59. The van der Waals surface area contributed by atoms with Crippen molar-refractivity contribution in [2.45, 2.75) is 51.1 Å².